The molecule has 1 aromatic carbocycles. The van der Waals surface area contributed by atoms with E-state index in [1.807, 2.05) is 40.8 Å². The number of nitrogens with zero attached hydrogens (tertiary/aromatic N) is 4. The number of para-hydroxylation sites is 1. The minimum atomic E-state index is 0.222. The smallest absolute Gasteiger partial charge is 0.183 e. The van der Waals surface area contributed by atoms with Crippen molar-refractivity contribution in [3.8, 4) is 5.75 Å². The maximum absolute atomic E-state index is 6.10. The van der Waals surface area contributed by atoms with Gasteiger partial charge in [0, 0.05) is 6.20 Å². The summed E-state index contributed by atoms with van der Waals surface area (Å²) in [5.74, 6) is 1.58. The standard InChI is InChI=1S/C17H17ClN4O/c1-11(2)16-17(22-10-12(18)8-9-15(22)19-16)21-20-13-6-4-5-7-14(13)23-3/h4-11H,1-3H3. The van der Waals surface area contributed by atoms with Crippen LogP contribution in [0.5, 0.6) is 5.75 Å². The van der Waals surface area contributed by atoms with Gasteiger partial charge in [-0.05, 0) is 30.2 Å². The van der Waals surface area contributed by atoms with Crippen molar-refractivity contribution >= 4 is 28.8 Å². The van der Waals surface area contributed by atoms with Gasteiger partial charge in [-0.15, -0.1) is 10.2 Å². The first-order valence-electron chi connectivity index (χ1n) is 7.32. The number of fused-ring (bicyclic) bond motifs is 1. The first-order valence-corrected chi connectivity index (χ1v) is 7.70. The highest BCUT2D eigenvalue weighted by molar-refractivity contribution is 6.30. The second kappa shape index (κ2) is 6.38. The summed E-state index contributed by atoms with van der Waals surface area (Å²) in [6, 6.07) is 11.2. The highest BCUT2D eigenvalue weighted by Gasteiger charge is 2.15. The Bertz CT molecular complexity index is 870. The van der Waals surface area contributed by atoms with Gasteiger partial charge in [-0.25, -0.2) is 4.98 Å². The van der Waals surface area contributed by atoms with E-state index in [1.165, 1.54) is 0 Å². The molecule has 0 fully saturated rings. The van der Waals surface area contributed by atoms with E-state index in [0.717, 1.165) is 11.3 Å². The lowest BCUT2D eigenvalue weighted by Crippen LogP contribution is -1.88. The maximum atomic E-state index is 6.10. The lowest BCUT2D eigenvalue weighted by atomic mass is 10.1. The van der Waals surface area contributed by atoms with Gasteiger partial charge in [-0.3, -0.25) is 4.40 Å². The number of rotatable bonds is 4. The highest BCUT2D eigenvalue weighted by atomic mass is 35.5. The van der Waals surface area contributed by atoms with Gasteiger partial charge in [0.2, 0.25) is 0 Å². The maximum Gasteiger partial charge on any atom is 0.183 e. The van der Waals surface area contributed by atoms with Crippen LogP contribution in [0, 0.1) is 0 Å². The quantitative estimate of drug-likeness (QED) is 0.591. The molecule has 0 amide bonds. The number of aromatic nitrogens is 2. The molecule has 3 aromatic rings. The fourth-order valence-corrected chi connectivity index (χ4v) is 2.49. The molecule has 0 aliphatic carbocycles. The van der Waals surface area contributed by atoms with Crippen molar-refractivity contribution < 1.29 is 4.74 Å². The highest BCUT2D eigenvalue weighted by Crippen LogP contribution is 2.32. The van der Waals surface area contributed by atoms with Gasteiger partial charge >= 0.3 is 0 Å². The van der Waals surface area contributed by atoms with Crippen molar-refractivity contribution in [2.75, 3.05) is 7.11 Å². The Hall–Kier alpha value is -2.40. The average Bonchev–Trinajstić information content (AvgIpc) is 2.91. The van der Waals surface area contributed by atoms with E-state index in [4.69, 9.17) is 16.3 Å². The number of hydrogen-bond donors (Lipinski definition) is 0. The number of ether oxygens (including phenoxy) is 1. The van der Waals surface area contributed by atoms with Crippen molar-refractivity contribution in [1.29, 1.82) is 0 Å². The van der Waals surface area contributed by atoms with Crippen LogP contribution >= 0.6 is 11.6 Å². The minimum Gasteiger partial charge on any atom is -0.494 e. The largest absolute Gasteiger partial charge is 0.494 e. The number of pyridine rings is 1. The SMILES string of the molecule is COc1ccccc1N=Nc1c(C(C)C)nc2ccc(Cl)cn12. The van der Waals surface area contributed by atoms with Crippen molar-refractivity contribution in [3.63, 3.8) is 0 Å². The normalized spacial score (nSPS) is 11.7. The summed E-state index contributed by atoms with van der Waals surface area (Å²) in [4.78, 5) is 4.63. The third-order valence-corrected chi connectivity index (χ3v) is 3.69. The zero-order valence-electron chi connectivity index (χ0n) is 13.2. The van der Waals surface area contributed by atoms with Crippen molar-refractivity contribution in [2.45, 2.75) is 19.8 Å². The van der Waals surface area contributed by atoms with Gasteiger partial charge in [0.1, 0.15) is 17.1 Å². The Morgan fingerprint density at radius 1 is 1.13 bits per heavy atom. The van der Waals surface area contributed by atoms with E-state index in [-0.39, 0.29) is 5.92 Å². The molecule has 2 aromatic heterocycles. The molecule has 2 heterocycles. The Morgan fingerprint density at radius 2 is 1.91 bits per heavy atom. The van der Waals surface area contributed by atoms with Gasteiger partial charge in [0.15, 0.2) is 5.82 Å². The summed E-state index contributed by atoms with van der Waals surface area (Å²) in [5.41, 5.74) is 2.35. The zero-order valence-corrected chi connectivity index (χ0v) is 13.9. The first-order chi connectivity index (χ1) is 11.1. The fourth-order valence-electron chi connectivity index (χ4n) is 2.32. The van der Waals surface area contributed by atoms with Crippen LogP contribution < -0.4 is 4.74 Å². The molecule has 0 aliphatic rings. The Balaban J connectivity index is 2.13. The van der Waals surface area contributed by atoms with Gasteiger partial charge in [0.05, 0.1) is 17.8 Å². The van der Waals surface area contributed by atoms with Crippen LogP contribution in [0.3, 0.4) is 0 Å². The van der Waals surface area contributed by atoms with Crippen molar-refractivity contribution in [2.24, 2.45) is 10.2 Å². The van der Waals surface area contributed by atoms with Gasteiger partial charge in [-0.1, -0.05) is 37.6 Å². The summed E-state index contributed by atoms with van der Waals surface area (Å²) >= 11 is 6.10. The summed E-state index contributed by atoms with van der Waals surface area (Å²) in [6.07, 6.45) is 1.80. The molecule has 0 unspecified atom stereocenters. The van der Waals surface area contributed by atoms with Crippen LogP contribution in [0.25, 0.3) is 5.65 Å². The topological polar surface area (TPSA) is 51.2 Å². The number of benzene rings is 1. The van der Waals surface area contributed by atoms with E-state index < -0.39 is 0 Å². The molecule has 5 nitrogen and oxygen atoms in total. The molecule has 3 rings (SSSR count). The number of imidazole rings is 1. The molecule has 23 heavy (non-hydrogen) atoms. The Kier molecular flexibility index (Phi) is 4.30. The molecule has 0 saturated heterocycles. The van der Waals surface area contributed by atoms with Crippen LogP contribution in [0.4, 0.5) is 11.5 Å². The van der Waals surface area contributed by atoms with Crippen LogP contribution in [0.1, 0.15) is 25.5 Å². The zero-order chi connectivity index (χ0) is 16.4. The fraction of sp³-hybridized carbons (Fsp3) is 0.235. The van der Waals surface area contributed by atoms with Gasteiger partial charge < -0.3 is 4.74 Å². The van der Waals surface area contributed by atoms with Crippen molar-refractivity contribution in [3.05, 3.63) is 53.3 Å². The summed E-state index contributed by atoms with van der Waals surface area (Å²) in [6.45, 7) is 4.15. The summed E-state index contributed by atoms with van der Waals surface area (Å²) in [5, 5.41) is 9.38. The van der Waals surface area contributed by atoms with Crippen LogP contribution in [0.15, 0.2) is 52.8 Å². The third-order valence-electron chi connectivity index (χ3n) is 3.47. The molecule has 0 atom stereocenters. The molecule has 118 valence electrons. The number of halogens is 1. The van der Waals surface area contributed by atoms with Crippen LogP contribution in [-0.2, 0) is 0 Å². The van der Waals surface area contributed by atoms with Gasteiger partial charge in [-0.2, -0.15) is 0 Å². The molecule has 0 bridgehead atoms. The van der Waals surface area contributed by atoms with E-state index in [2.05, 4.69) is 29.1 Å². The lowest BCUT2D eigenvalue weighted by molar-refractivity contribution is 0.416. The number of methoxy groups -OCH3 is 1. The molecule has 0 aliphatic heterocycles. The first kappa shape index (κ1) is 15.5. The minimum absolute atomic E-state index is 0.222. The molecular formula is C17H17ClN4O. The molecular weight excluding hydrogens is 312 g/mol. The predicted molar refractivity (Wildman–Crippen MR) is 91.5 cm³/mol. The van der Waals surface area contributed by atoms with Crippen LogP contribution in [-0.4, -0.2) is 16.5 Å². The monoisotopic (exact) mass is 328 g/mol. The van der Waals surface area contributed by atoms with E-state index in [9.17, 15) is 0 Å². The van der Waals surface area contributed by atoms with Crippen LogP contribution in [0.2, 0.25) is 5.02 Å². The molecule has 0 saturated carbocycles. The van der Waals surface area contributed by atoms with Gasteiger partial charge in [0.25, 0.3) is 0 Å². The molecule has 0 N–H and O–H groups in total. The molecule has 0 spiro atoms. The lowest BCUT2D eigenvalue weighted by Gasteiger charge is -2.04. The molecule has 6 heteroatoms. The Morgan fingerprint density at radius 3 is 2.65 bits per heavy atom. The number of azo groups is 1. The van der Waals surface area contributed by atoms with E-state index in [1.54, 1.807) is 13.3 Å². The summed E-state index contributed by atoms with van der Waals surface area (Å²) in [7, 11) is 1.61. The second-order valence-electron chi connectivity index (χ2n) is 5.42. The predicted octanol–water partition coefficient (Wildman–Crippen LogP) is 5.54. The number of hydrogen-bond acceptors (Lipinski definition) is 4. The van der Waals surface area contributed by atoms with E-state index in [0.29, 0.717) is 22.3 Å². The average molecular weight is 329 g/mol. The Labute approximate surface area is 139 Å². The molecule has 0 radical (unpaired) electrons. The van der Waals surface area contributed by atoms with E-state index >= 15 is 0 Å². The summed E-state index contributed by atoms with van der Waals surface area (Å²) < 4.78 is 7.16. The second-order valence-corrected chi connectivity index (χ2v) is 5.86. The third kappa shape index (κ3) is 3.05. The van der Waals surface area contributed by atoms with Crippen molar-refractivity contribution in [1.82, 2.24) is 9.38 Å².